The van der Waals surface area contributed by atoms with Crippen LogP contribution in [0.15, 0.2) is 29.4 Å². The Morgan fingerprint density at radius 1 is 1.18 bits per heavy atom. The van der Waals surface area contributed by atoms with Crippen molar-refractivity contribution in [2.24, 2.45) is 33.8 Å². The fourth-order valence-corrected chi connectivity index (χ4v) is 3.35. The number of benzene rings is 1. The lowest BCUT2D eigenvalue weighted by atomic mass is 9.87. The van der Waals surface area contributed by atoms with Crippen LogP contribution in [0.3, 0.4) is 0 Å². The summed E-state index contributed by atoms with van der Waals surface area (Å²) in [7, 11) is 0. The summed E-state index contributed by atoms with van der Waals surface area (Å²) in [6.45, 7) is 0.247. The summed E-state index contributed by atoms with van der Waals surface area (Å²) >= 11 is 0. The zero-order chi connectivity index (χ0) is 20.8. The third kappa shape index (κ3) is 5.21. The highest BCUT2D eigenvalue weighted by Gasteiger charge is 2.26. The SMILES string of the molecule is NC(N)=NCCC(C[C@@H](N)Cc1c[nH]c2cccc(C(=O)O)c12)[C@H](N)C(=O)O. The lowest BCUT2D eigenvalue weighted by Crippen LogP contribution is -2.41. The quantitative estimate of drug-likeness (QED) is 0.213. The van der Waals surface area contributed by atoms with Crippen molar-refractivity contribution in [1.29, 1.82) is 0 Å². The zero-order valence-electron chi connectivity index (χ0n) is 15.3. The molecular formula is C18H26N6O4. The van der Waals surface area contributed by atoms with Gasteiger partial charge in [0.2, 0.25) is 0 Å². The number of nitrogens with two attached hydrogens (primary N) is 4. The van der Waals surface area contributed by atoms with Gasteiger partial charge in [-0.2, -0.15) is 0 Å². The molecule has 0 saturated heterocycles. The van der Waals surface area contributed by atoms with E-state index in [1.54, 1.807) is 18.3 Å². The predicted octanol–water partition coefficient (Wildman–Crippen LogP) is -0.182. The topological polar surface area (TPSA) is 207 Å². The number of aliphatic carboxylic acids is 1. The van der Waals surface area contributed by atoms with E-state index in [-0.39, 0.29) is 18.1 Å². The van der Waals surface area contributed by atoms with E-state index in [1.807, 2.05) is 0 Å². The number of carboxylic acid groups (broad SMARTS) is 2. The first-order valence-corrected chi connectivity index (χ1v) is 8.82. The number of aliphatic imine (C=N–C) groups is 1. The molecule has 2 rings (SSSR count). The van der Waals surface area contributed by atoms with Crippen LogP contribution >= 0.6 is 0 Å². The van der Waals surface area contributed by atoms with Crippen LogP contribution in [-0.2, 0) is 11.2 Å². The third-order valence-corrected chi connectivity index (χ3v) is 4.69. The highest BCUT2D eigenvalue weighted by atomic mass is 16.4. The molecule has 0 aliphatic carbocycles. The first kappa shape index (κ1) is 21.2. The van der Waals surface area contributed by atoms with Gasteiger partial charge in [-0.05, 0) is 42.9 Å². The minimum Gasteiger partial charge on any atom is -0.480 e. The highest BCUT2D eigenvalue weighted by molar-refractivity contribution is 6.04. The summed E-state index contributed by atoms with van der Waals surface area (Å²) in [5.41, 5.74) is 24.3. The number of aromatic carboxylic acids is 1. The van der Waals surface area contributed by atoms with Crippen molar-refractivity contribution in [3.05, 3.63) is 35.5 Å². The second-order valence-corrected chi connectivity index (χ2v) is 6.77. The molecule has 0 bridgehead atoms. The number of H-pyrrole nitrogens is 1. The normalized spacial score (nSPS) is 14.4. The van der Waals surface area contributed by atoms with Crippen LogP contribution in [0, 0.1) is 5.92 Å². The van der Waals surface area contributed by atoms with E-state index >= 15 is 0 Å². The highest BCUT2D eigenvalue weighted by Crippen LogP contribution is 2.25. The van der Waals surface area contributed by atoms with Crippen molar-refractivity contribution in [1.82, 2.24) is 4.98 Å². The maximum absolute atomic E-state index is 11.5. The van der Waals surface area contributed by atoms with Crippen molar-refractivity contribution < 1.29 is 19.8 Å². The molecule has 152 valence electrons. The molecule has 0 aliphatic rings. The number of guanidine groups is 1. The molecule has 0 radical (unpaired) electrons. The first-order valence-electron chi connectivity index (χ1n) is 8.82. The number of hydrogen-bond donors (Lipinski definition) is 7. The van der Waals surface area contributed by atoms with Crippen LogP contribution in [0.25, 0.3) is 10.9 Å². The Morgan fingerprint density at radius 3 is 2.50 bits per heavy atom. The van der Waals surface area contributed by atoms with Gasteiger partial charge in [0.05, 0.1) is 5.56 Å². The number of nitrogens with zero attached hydrogens (tertiary/aromatic N) is 1. The zero-order valence-corrected chi connectivity index (χ0v) is 15.3. The Balaban J connectivity index is 2.17. The largest absolute Gasteiger partial charge is 0.480 e. The van der Waals surface area contributed by atoms with Crippen LogP contribution in [0.4, 0.5) is 0 Å². The molecule has 2 aromatic rings. The van der Waals surface area contributed by atoms with Crippen molar-refractivity contribution in [3.63, 3.8) is 0 Å². The molecule has 1 aromatic heterocycles. The maximum Gasteiger partial charge on any atom is 0.336 e. The molecule has 3 atom stereocenters. The number of rotatable bonds is 10. The molecule has 10 nitrogen and oxygen atoms in total. The summed E-state index contributed by atoms with van der Waals surface area (Å²) in [6.07, 6.45) is 2.79. The maximum atomic E-state index is 11.5. The van der Waals surface area contributed by atoms with Crippen LogP contribution in [-0.4, -0.2) is 51.7 Å². The molecule has 0 saturated carbocycles. The number of hydrogen-bond acceptors (Lipinski definition) is 5. The van der Waals surface area contributed by atoms with Gasteiger partial charge in [0.15, 0.2) is 5.96 Å². The van der Waals surface area contributed by atoms with Crippen molar-refractivity contribution in [2.75, 3.05) is 6.54 Å². The van der Waals surface area contributed by atoms with Crippen molar-refractivity contribution in [3.8, 4) is 0 Å². The molecule has 11 N–H and O–H groups in total. The lowest BCUT2D eigenvalue weighted by Gasteiger charge is -2.23. The van der Waals surface area contributed by atoms with Gasteiger partial charge in [-0.3, -0.25) is 9.79 Å². The van der Waals surface area contributed by atoms with E-state index < -0.39 is 29.9 Å². The van der Waals surface area contributed by atoms with Crippen molar-refractivity contribution in [2.45, 2.75) is 31.3 Å². The standard InChI is InChI=1S/C18H26N6O4/c19-11(6-9(15(20)17(27)28)4-5-23-18(21)22)7-10-8-24-13-3-1-2-12(14(10)13)16(25)26/h1-3,8-9,11,15,24H,4-7,19-20H2,(H,25,26)(H,27,28)(H4,21,22,23)/t9?,11-,15+/m1/s1. The summed E-state index contributed by atoms with van der Waals surface area (Å²) in [5.74, 6) is -2.66. The monoisotopic (exact) mass is 390 g/mol. The molecule has 0 fully saturated rings. The third-order valence-electron chi connectivity index (χ3n) is 4.69. The second-order valence-electron chi connectivity index (χ2n) is 6.77. The van der Waals surface area contributed by atoms with Gasteiger partial charge in [-0.15, -0.1) is 0 Å². The molecule has 1 aromatic carbocycles. The summed E-state index contributed by atoms with van der Waals surface area (Å²) in [5, 5.41) is 19.3. The fraction of sp³-hybridized carbons (Fsp3) is 0.389. The Kier molecular flexibility index (Phi) is 6.96. The van der Waals surface area contributed by atoms with Crippen LogP contribution in [0.2, 0.25) is 0 Å². The molecule has 0 aliphatic heterocycles. The average molecular weight is 390 g/mol. The van der Waals surface area contributed by atoms with Gasteiger partial charge in [0.25, 0.3) is 0 Å². The Labute approximate surface area is 161 Å². The molecule has 28 heavy (non-hydrogen) atoms. The Hall–Kier alpha value is -3.11. The number of carbonyl (C=O) groups is 2. The first-order chi connectivity index (χ1) is 13.2. The summed E-state index contributed by atoms with van der Waals surface area (Å²) in [6, 6.07) is 3.46. The molecule has 0 amide bonds. The van der Waals surface area contributed by atoms with Gasteiger partial charge < -0.3 is 38.1 Å². The fourth-order valence-electron chi connectivity index (χ4n) is 3.35. The number of nitrogens with one attached hydrogen (secondary N) is 1. The number of carboxylic acids is 2. The van der Waals surface area contributed by atoms with E-state index in [2.05, 4.69) is 9.98 Å². The summed E-state index contributed by atoms with van der Waals surface area (Å²) in [4.78, 5) is 29.7. The van der Waals surface area contributed by atoms with Gasteiger partial charge >= 0.3 is 11.9 Å². The molecule has 10 heteroatoms. The molecule has 1 heterocycles. The van der Waals surface area contributed by atoms with Crippen molar-refractivity contribution >= 4 is 28.8 Å². The van der Waals surface area contributed by atoms with E-state index in [0.29, 0.717) is 30.2 Å². The van der Waals surface area contributed by atoms with Gasteiger partial charge in [-0.25, -0.2) is 4.79 Å². The van der Waals surface area contributed by atoms with E-state index in [4.69, 9.17) is 22.9 Å². The van der Waals surface area contributed by atoms with Gasteiger partial charge in [0.1, 0.15) is 6.04 Å². The van der Waals surface area contributed by atoms with Crippen LogP contribution in [0.1, 0.15) is 28.8 Å². The lowest BCUT2D eigenvalue weighted by molar-refractivity contribution is -0.140. The number of aromatic nitrogens is 1. The van der Waals surface area contributed by atoms with Crippen LogP contribution in [0.5, 0.6) is 0 Å². The average Bonchev–Trinajstić information content (AvgIpc) is 3.02. The van der Waals surface area contributed by atoms with E-state index in [1.165, 1.54) is 6.07 Å². The Bertz CT molecular complexity index is 874. The number of aromatic amines is 1. The minimum atomic E-state index is -1.12. The number of fused-ring (bicyclic) bond motifs is 1. The van der Waals surface area contributed by atoms with Gasteiger partial charge in [-0.1, -0.05) is 6.07 Å². The van der Waals surface area contributed by atoms with Crippen LogP contribution < -0.4 is 22.9 Å². The molecule has 0 spiro atoms. The predicted molar refractivity (Wildman–Crippen MR) is 106 cm³/mol. The Morgan fingerprint density at radius 2 is 1.89 bits per heavy atom. The minimum absolute atomic E-state index is 0.0769. The summed E-state index contributed by atoms with van der Waals surface area (Å²) < 4.78 is 0. The molecular weight excluding hydrogens is 364 g/mol. The second kappa shape index (κ2) is 9.20. The van der Waals surface area contributed by atoms with E-state index in [9.17, 15) is 19.8 Å². The van der Waals surface area contributed by atoms with Gasteiger partial charge in [0, 0.05) is 29.7 Å². The van der Waals surface area contributed by atoms with E-state index in [0.717, 1.165) is 5.56 Å². The smallest absolute Gasteiger partial charge is 0.336 e. The molecule has 1 unspecified atom stereocenters.